The van der Waals surface area contributed by atoms with E-state index in [9.17, 15) is 0 Å². The second kappa shape index (κ2) is 4.77. The number of aryl methyl sites for hydroxylation is 1. The van der Waals surface area contributed by atoms with Crippen molar-refractivity contribution >= 4 is 0 Å². The zero-order chi connectivity index (χ0) is 10.7. The van der Waals surface area contributed by atoms with Gasteiger partial charge in [0.1, 0.15) is 0 Å². The minimum Gasteiger partial charge on any atom is -0.308 e. The quantitative estimate of drug-likeness (QED) is 0.792. The van der Waals surface area contributed by atoms with Gasteiger partial charge in [0, 0.05) is 25.7 Å². The van der Waals surface area contributed by atoms with E-state index < -0.39 is 0 Å². The van der Waals surface area contributed by atoms with Gasteiger partial charge < -0.3 is 10.2 Å². The topological polar surface area (TPSA) is 15.3 Å². The molecule has 0 spiro atoms. The van der Waals surface area contributed by atoms with Crippen molar-refractivity contribution in [3.05, 3.63) is 35.4 Å². The lowest BCUT2D eigenvalue weighted by Crippen LogP contribution is -2.45. The highest BCUT2D eigenvalue weighted by molar-refractivity contribution is 5.24. The third-order valence-electron chi connectivity index (χ3n) is 3.19. The first-order chi connectivity index (χ1) is 7.29. The van der Waals surface area contributed by atoms with E-state index in [1.54, 1.807) is 0 Å². The van der Waals surface area contributed by atoms with Crippen molar-refractivity contribution in [2.24, 2.45) is 0 Å². The maximum absolute atomic E-state index is 3.58. The summed E-state index contributed by atoms with van der Waals surface area (Å²) in [5, 5.41) is 3.58. The van der Waals surface area contributed by atoms with Crippen LogP contribution in [0.3, 0.4) is 0 Å². The van der Waals surface area contributed by atoms with E-state index in [1.807, 2.05) is 0 Å². The van der Waals surface area contributed by atoms with Crippen LogP contribution in [0.25, 0.3) is 0 Å². The molecule has 1 aliphatic rings. The molecule has 0 saturated carbocycles. The average molecular weight is 204 g/mol. The van der Waals surface area contributed by atoms with Crippen molar-refractivity contribution in [3.8, 4) is 0 Å². The van der Waals surface area contributed by atoms with Gasteiger partial charge in [-0.25, -0.2) is 0 Å². The summed E-state index contributed by atoms with van der Waals surface area (Å²) in [5.74, 6) is 0. The number of rotatable bonds is 2. The second-order valence-corrected chi connectivity index (χ2v) is 4.31. The van der Waals surface area contributed by atoms with Crippen LogP contribution in [0.1, 0.15) is 24.1 Å². The molecular weight excluding hydrogens is 184 g/mol. The highest BCUT2D eigenvalue weighted by Crippen LogP contribution is 2.17. The number of hydrogen-bond donors (Lipinski definition) is 1. The summed E-state index contributed by atoms with van der Waals surface area (Å²) in [7, 11) is 0. The summed E-state index contributed by atoms with van der Waals surface area (Å²) in [6, 6.07) is 9.39. The predicted octanol–water partition coefficient (Wildman–Crippen LogP) is 1.96. The molecule has 82 valence electrons. The fraction of sp³-hybridized carbons (Fsp3) is 0.538. The number of nitrogens with one attached hydrogen (secondary N) is 1. The first kappa shape index (κ1) is 10.7. The fourth-order valence-corrected chi connectivity index (χ4v) is 2.12. The minimum absolute atomic E-state index is 0.513. The van der Waals surface area contributed by atoms with E-state index in [2.05, 4.69) is 48.3 Å². The van der Waals surface area contributed by atoms with Crippen molar-refractivity contribution < 1.29 is 0 Å². The Morgan fingerprint density at radius 2 is 2.07 bits per heavy atom. The summed E-state index contributed by atoms with van der Waals surface area (Å²) in [6.07, 6.45) is 0. The zero-order valence-corrected chi connectivity index (χ0v) is 9.66. The number of piperazine rings is 1. The van der Waals surface area contributed by atoms with Crippen LogP contribution in [0.2, 0.25) is 0 Å². The zero-order valence-electron chi connectivity index (χ0n) is 9.66. The van der Waals surface area contributed by atoms with Crippen molar-refractivity contribution in [3.63, 3.8) is 0 Å². The molecule has 0 bridgehead atoms. The van der Waals surface area contributed by atoms with Crippen LogP contribution in [-0.2, 0) is 0 Å². The van der Waals surface area contributed by atoms with Crippen LogP contribution < -0.4 is 5.32 Å². The Morgan fingerprint density at radius 1 is 1.33 bits per heavy atom. The van der Waals surface area contributed by atoms with E-state index in [4.69, 9.17) is 0 Å². The van der Waals surface area contributed by atoms with Crippen molar-refractivity contribution in [2.45, 2.75) is 19.9 Å². The normalized spacial score (nSPS) is 22.9. The van der Waals surface area contributed by atoms with Gasteiger partial charge in [0.2, 0.25) is 0 Å². The molecule has 1 N–H and O–H groups in total. The lowest BCUT2D eigenvalue weighted by molar-refractivity contribution is 0.210. The molecule has 0 radical (unpaired) electrons. The Morgan fingerprint density at radius 3 is 2.73 bits per heavy atom. The van der Waals surface area contributed by atoms with Gasteiger partial charge in [-0.15, -0.1) is 0 Å². The molecule has 1 atom stereocenters. The maximum atomic E-state index is 3.58. The van der Waals surface area contributed by atoms with Gasteiger partial charge in [0.05, 0.1) is 0 Å². The maximum Gasteiger partial charge on any atom is 0.0449 e. The second-order valence-electron chi connectivity index (χ2n) is 4.31. The van der Waals surface area contributed by atoms with Gasteiger partial charge in [-0.05, 0) is 19.0 Å². The molecule has 2 rings (SSSR count). The third kappa shape index (κ3) is 2.58. The summed E-state index contributed by atoms with van der Waals surface area (Å²) in [6.45, 7) is 8.95. The first-order valence-corrected chi connectivity index (χ1v) is 5.82. The molecule has 0 amide bonds. The van der Waals surface area contributed by atoms with E-state index in [-0.39, 0.29) is 0 Å². The number of hydrogen-bond acceptors (Lipinski definition) is 2. The van der Waals surface area contributed by atoms with E-state index >= 15 is 0 Å². The van der Waals surface area contributed by atoms with Gasteiger partial charge in [-0.1, -0.05) is 36.8 Å². The predicted molar refractivity (Wildman–Crippen MR) is 64.0 cm³/mol. The monoisotopic (exact) mass is 204 g/mol. The molecule has 1 heterocycles. The Labute approximate surface area is 92.3 Å². The van der Waals surface area contributed by atoms with Crippen LogP contribution in [0.4, 0.5) is 0 Å². The van der Waals surface area contributed by atoms with E-state index in [0.29, 0.717) is 6.04 Å². The Balaban J connectivity index is 2.06. The molecular formula is C13H20N2. The average Bonchev–Trinajstić information content (AvgIpc) is 2.30. The van der Waals surface area contributed by atoms with E-state index in [1.165, 1.54) is 17.7 Å². The van der Waals surface area contributed by atoms with Gasteiger partial charge in [-0.2, -0.15) is 0 Å². The molecule has 2 heteroatoms. The van der Waals surface area contributed by atoms with Crippen molar-refractivity contribution in [1.29, 1.82) is 0 Å². The van der Waals surface area contributed by atoms with Crippen molar-refractivity contribution in [2.75, 3.05) is 26.2 Å². The third-order valence-corrected chi connectivity index (χ3v) is 3.19. The molecule has 1 aromatic carbocycles. The van der Waals surface area contributed by atoms with E-state index in [0.717, 1.165) is 19.6 Å². The Hall–Kier alpha value is -0.860. The highest BCUT2D eigenvalue weighted by atomic mass is 15.2. The summed E-state index contributed by atoms with van der Waals surface area (Å²) in [5.41, 5.74) is 2.75. The number of benzene rings is 1. The van der Waals surface area contributed by atoms with Gasteiger partial charge in [0.15, 0.2) is 0 Å². The molecule has 2 nitrogen and oxygen atoms in total. The molecule has 0 aromatic heterocycles. The van der Waals surface area contributed by atoms with Gasteiger partial charge >= 0.3 is 0 Å². The van der Waals surface area contributed by atoms with Crippen LogP contribution in [0.15, 0.2) is 24.3 Å². The van der Waals surface area contributed by atoms with Crippen LogP contribution in [-0.4, -0.2) is 31.1 Å². The number of likely N-dealkylation sites (N-methyl/N-ethyl adjacent to an activating group) is 1. The molecule has 1 aromatic rings. The van der Waals surface area contributed by atoms with Crippen LogP contribution >= 0.6 is 0 Å². The standard InChI is InChI=1S/C13H20N2/c1-3-15-9-8-14-13(10-15)12-6-4-11(2)5-7-12/h4-7,13-14H,3,8-10H2,1-2H3/t13-/m0/s1. The number of nitrogens with zero attached hydrogens (tertiary/aromatic N) is 1. The Kier molecular flexibility index (Phi) is 3.39. The minimum atomic E-state index is 0.513. The van der Waals surface area contributed by atoms with Crippen molar-refractivity contribution in [1.82, 2.24) is 10.2 Å². The molecule has 0 aliphatic carbocycles. The molecule has 1 aliphatic heterocycles. The highest BCUT2D eigenvalue weighted by Gasteiger charge is 2.18. The molecule has 1 saturated heterocycles. The lowest BCUT2D eigenvalue weighted by Gasteiger charge is -2.33. The smallest absolute Gasteiger partial charge is 0.0449 e. The van der Waals surface area contributed by atoms with Crippen LogP contribution in [0, 0.1) is 6.92 Å². The fourth-order valence-electron chi connectivity index (χ4n) is 2.12. The molecule has 15 heavy (non-hydrogen) atoms. The SMILES string of the molecule is CCN1CCN[C@H](c2ccc(C)cc2)C1. The Bertz CT molecular complexity index is 305. The lowest BCUT2D eigenvalue weighted by atomic mass is 10.0. The largest absolute Gasteiger partial charge is 0.308 e. The molecule has 0 unspecified atom stereocenters. The summed E-state index contributed by atoms with van der Waals surface area (Å²) >= 11 is 0. The van der Waals surface area contributed by atoms with Crippen LogP contribution in [0.5, 0.6) is 0 Å². The summed E-state index contributed by atoms with van der Waals surface area (Å²) < 4.78 is 0. The van der Waals surface area contributed by atoms with Gasteiger partial charge in [-0.3, -0.25) is 0 Å². The first-order valence-electron chi connectivity index (χ1n) is 5.82. The summed E-state index contributed by atoms with van der Waals surface area (Å²) in [4.78, 5) is 2.50. The molecule has 1 fully saturated rings. The van der Waals surface area contributed by atoms with Gasteiger partial charge in [0.25, 0.3) is 0 Å².